The summed E-state index contributed by atoms with van der Waals surface area (Å²) < 4.78 is 1.57. The standard InChI is InChI=1S/C13H25N5O2/c1-5-8-11-12(18(19)20)13(16(4)15-11)14-9-10-17(6-2)7-3/h14H,5-10H2,1-4H3. The highest BCUT2D eigenvalue weighted by molar-refractivity contribution is 5.59. The van der Waals surface area contributed by atoms with Crippen LogP contribution in [0, 0.1) is 10.1 Å². The van der Waals surface area contributed by atoms with Crippen molar-refractivity contribution < 1.29 is 4.92 Å². The SMILES string of the molecule is CCCc1nn(C)c(NCCN(CC)CC)c1[N+](=O)[O-]. The predicted octanol–water partition coefficient (Wildman–Crippen LogP) is 2.03. The monoisotopic (exact) mass is 283 g/mol. The van der Waals surface area contributed by atoms with E-state index in [1.165, 1.54) is 0 Å². The number of rotatable bonds is 9. The Labute approximate surface area is 120 Å². The summed E-state index contributed by atoms with van der Waals surface area (Å²) in [6.07, 6.45) is 1.47. The Morgan fingerprint density at radius 2 is 2.00 bits per heavy atom. The van der Waals surface area contributed by atoms with E-state index >= 15 is 0 Å². The number of nitrogens with zero attached hydrogens (tertiary/aromatic N) is 4. The second kappa shape index (κ2) is 7.84. The number of anilines is 1. The van der Waals surface area contributed by atoms with Crippen molar-refractivity contribution in [2.75, 3.05) is 31.5 Å². The van der Waals surface area contributed by atoms with E-state index in [-0.39, 0.29) is 10.6 Å². The Bertz CT molecular complexity index is 440. The Morgan fingerprint density at radius 1 is 1.35 bits per heavy atom. The van der Waals surface area contributed by atoms with Gasteiger partial charge in [0.15, 0.2) is 0 Å². The van der Waals surface area contributed by atoms with Crippen LogP contribution in [-0.4, -0.2) is 45.8 Å². The van der Waals surface area contributed by atoms with Gasteiger partial charge in [-0.1, -0.05) is 27.2 Å². The molecule has 0 aliphatic carbocycles. The highest BCUT2D eigenvalue weighted by atomic mass is 16.6. The molecule has 0 fully saturated rings. The van der Waals surface area contributed by atoms with Gasteiger partial charge in [-0.3, -0.25) is 10.1 Å². The van der Waals surface area contributed by atoms with Crippen LogP contribution in [0.2, 0.25) is 0 Å². The lowest BCUT2D eigenvalue weighted by atomic mass is 10.2. The van der Waals surface area contributed by atoms with E-state index in [9.17, 15) is 10.1 Å². The summed E-state index contributed by atoms with van der Waals surface area (Å²) in [4.78, 5) is 13.2. The summed E-state index contributed by atoms with van der Waals surface area (Å²) in [5.41, 5.74) is 0.680. The molecule has 1 heterocycles. The van der Waals surface area contributed by atoms with Gasteiger partial charge in [0.1, 0.15) is 5.69 Å². The number of nitrogens with one attached hydrogen (secondary N) is 1. The van der Waals surface area contributed by atoms with Crippen molar-refractivity contribution in [3.8, 4) is 0 Å². The van der Waals surface area contributed by atoms with Crippen LogP contribution < -0.4 is 5.32 Å². The van der Waals surface area contributed by atoms with Gasteiger partial charge in [-0.2, -0.15) is 5.10 Å². The molecule has 0 saturated heterocycles. The normalized spacial score (nSPS) is 11.1. The van der Waals surface area contributed by atoms with Gasteiger partial charge >= 0.3 is 5.69 Å². The van der Waals surface area contributed by atoms with E-state index in [0.29, 0.717) is 24.5 Å². The second-order valence-corrected chi connectivity index (χ2v) is 4.73. The maximum Gasteiger partial charge on any atom is 0.333 e. The molecule has 1 rings (SSSR count). The summed E-state index contributed by atoms with van der Waals surface area (Å²) >= 11 is 0. The lowest BCUT2D eigenvalue weighted by Crippen LogP contribution is -2.29. The van der Waals surface area contributed by atoms with Gasteiger partial charge in [0.05, 0.1) is 4.92 Å². The van der Waals surface area contributed by atoms with E-state index in [2.05, 4.69) is 29.2 Å². The Kier molecular flexibility index (Phi) is 6.44. The summed E-state index contributed by atoms with van der Waals surface area (Å²) in [5, 5.41) is 18.7. The summed E-state index contributed by atoms with van der Waals surface area (Å²) in [5.74, 6) is 0.505. The number of hydrogen-bond acceptors (Lipinski definition) is 5. The molecule has 1 aromatic rings. The molecule has 7 nitrogen and oxygen atoms in total. The molecule has 0 aliphatic rings. The van der Waals surface area contributed by atoms with Crippen molar-refractivity contribution in [1.29, 1.82) is 0 Å². The van der Waals surface area contributed by atoms with E-state index in [0.717, 1.165) is 26.1 Å². The number of likely N-dealkylation sites (N-methyl/N-ethyl adjacent to an activating group) is 1. The van der Waals surface area contributed by atoms with Crippen molar-refractivity contribution >= 4 is 11.5 Å². The summed E-state index contributed by atoms with van der Waals surface area (Å²) in [7, 11) is 1.74. The molecular weight excluding hydrogens is 258 g/mol. The molecule has 0 unspecified atom stereocenters. The van der Waals surface area contributed by atoms with Gasteiger partial charge in [-0.25, -0.2) is 4.68 Å². The van der Waals surface area contributed by atoms with Crippen molar-refractivity contribution in [2.45, 2.75) is 33.6 Å². The highest BCUT2D eigenvalue weighted by Crippen LogP contribution is 2.28. The average molecular weight is 283 g/mol. The lowest BCUT2D eigenvalue weighted by molar-refractivity contribution is -0.384. The van der Waals surface area contributed by atoms with Crippen LogP contribution in [0.15, 0.2) is 0 Å². The van der Waals surface area contributed by atoms with E-state index in [1.54, 1.807) is 11.7 Å². The molecule has 0 spiro atoms. The first-order valence-electron chi connectivity index (χ1n) is 7.21. The minimum absolute atomic E-state index is 0.119. The van der Waals surface area contributed by atoms with Gasteiger partial charge < -0.3 is 10.2 Å². The van der Waals surface area contributed by atoms with E-state index < -0.39 is 0 Å². The topological polar surface area (TPSA) is 76.2 Å². The summed E-state index contributed by atoms with van der Waals surface area (Å²) in [6.45, 7) is 9.70. The van der Waals surface area contributed by atoms with Crippen LogP contribution in [0.5, 0.6) is 0 Å². The average Bonchev–Trinajstić information content (AvgIpc) is 2.71. The van der Waals surface area contributed by atoms with Crippen LogP contribution in [0.3, 0.4) is 0 Å². The van der Waals surface area contributed by atoms with Crippen LogP contribution in [0.4, 0.5) is 11.5 Å². The molecule has 0 atom stereocenters. The van der Waals surface area contributed by atoms with E-state index in [1.807, 2.05) is 6.92 Å². The number of hydrogen-bond donors (Lipinski definition) is 1. The van der Waals surface area contributed by atoms with Crippen LogP contribution >= 0.6 is 0 Å². The minimum atomic E-state index is -0.336. The van der Waals surface area contributed by atoms with Crippen molar-refractivity contribution in [2.24, 2.45) is 7.05 Å². The van der Waals surface area contributed by atoms with Crippen molar-refractivity contribution in [1.82, 2.24) is 14.7 Å². The molecule has 0 radical (unpaired) electrons. The molecular formula is C13H25N5O2. The maximum absolute atomic E-state index is 11.2. The molecule has 1 N–H and O–H groups in total. The fourth-order valence-corrected chi connectivity index (χ4v) is 2.24. The lowest BCUT2D eigenvalue weighted by Gasteiger charge is -2.18. The smallest absolute Gasteiger partial charge is 0.333 e. The zero-order valence-corrected chi connectivity index (χ0v) is 12.8. The molecule has 0 saturated carbocycles. The first-order valence-corrected chi connectivity index (χ1v) is 7.21. The third-order valence-electron chi connectivity index (χ3n) is 3.38. The maximum atomic E-state index is 11.2. The third kappa shape index (κ3) is 3.93. The van der Waals surface area contributed by atoms with Gasteiger partial charge in [-0.15, -0.1) is 0 Å². The Balaban J connectivity index is 2.80. The quantitative estimate of drug-likeness (QED) is 0.554. The fourth-order valence-electron chi connectivity index (χ4n) is 2.24. The predicted molar refractivity (Wildman–Crippen MR) is 80.1 cm³/mol. The highest BCUT2D eigenvalue weighted by Gasteiger charge is 2.25. The second-order valence-electron chi connectivity index (χ2n) is 4.73. The van der Waals surface area contributed by atoms with Gasteiger partial charge in [0.25, 0.3) is 0 Å². The van der Waals surface area contributed by atoms with E-state index in [4.69, 9.17) is 0 Å². The molecule has 0 bridgehead atoms. The fraction of sp³-hybridized carbons (Fsp3) is 0.769. The number of aromatic nitrogens is 2. The first-order chi connectivity index (χ1) is 9.54. The zero-order valence-electron chi connectivity index (χ0n) is 12.8. The number of nitro groups is 1. The molecule has 20 heavy (non-hydrogen) atoms. The van der Waals surface area contributed by atoms with Gasteiger partial charge in [-0.05, 0) is 19.5 Å². The third-order valence-corrected chi connectivity index (χ3v) is 3.38. The summed E-state index contributed by atoms with van der Waals surface area (Å²) in [6, 6.07) is 0. The van der Waals surface area contributed by atoms with Crippen LogP contribution in [0.1, 0.15) is 32.9 Å². The molecule has 0 amide bonds. The molecule has 1 aromatic heterocycles. The Hall–Kier alpha value is -1.63. The van der Waals surface area contributed by atoms with Crippen LogP contribution in [-0.2, 0) is 13.5 Å². The van der Waals surface area contributed by atoms with Gasteiger partial charge in [0.2, 0.25) is 5.82 Å². The minimum Gasteiger partial charge on any atom is -0.363 e. The Morgan fingerprint density at radius 3 is 2.50 bits per heavy atom. The zero-order chi connectivity index (χ0) is 15.1. The van der Waals surface area contributed by atoms with Crippen molar-refractivity contribution in [3.63, 3.8) is 0 Å². The molecule has 114 valence electrons. The first kappa shape index (κ1) is 16.4. The largest absolute Gasteiger partial charge is 0.363 e. The van der Waals surface area contributed by atoms with Crippen molar-refractivity contribution in [3.05, 3.63) is 15.8 Å². The van der Waals surface area contributed by atoms with Gasteiger partial charge in [0, 0.05) is 20.1 Å². The van der Waals surface area contributed by atoms with Crippen LogP contribution in [0.25, 0.3) is 0 Å². The number of aryl methyl sites for hydroxylation is 2. The molecule has 0 aromatic carbocycles. The molecule has 0 aliphatic heterocycles. The molecule has 7 heteroatoms.